The van der Waals surface area contributed by atoms with Crippen molar-refractivity contribution in [3.05, 3.63) is 76.4 Å². The second-order valence-corrected chi connectivity index (χ2v) is 7.66. The number of amides is 1. The molecule has 9 heteroatoms. The molecule has 0 spiro atoms. The normalized spacial score (nSPS) is 18.4. The highest BCUT2D eigenvalue weighted by Gasteiger charge is 2.46. The molecule has 0 bridgehead atoms. The highest BCUT2D eigenvalue weighted by atomic mass is 35.5. The first-order valence-electron chi connectivity index (χ1n) is 9.27. The zero-order chi connectivity index (χ0) is 21.5. The summed E-state index contributed by atoms with van der Waals surface area (Å²) in [5.41, 5.74) is 2.08. The summed E-state index contributed by atoms with van der Waals surface area (Å²) in [6.45, 7) is 1.91. The van der Waals surface area contributed by atoms with E-state index in [1.54, 1.807) is 36.4 Å². The Morgan fingerprint density at radius 1 is 1.20 bits per heavy atom. The lowest BCUT2D eigenvalue weighted by Gasteiger charge is -2.33. The average Bonchev–Trinajstić information content (AvgIpc) is 3.11. The molecule has 2 unspecified atom stereocenters. The Hall–Kier alpha value is -3.00. The molecule has 2 N–H and O–H groups in total. The van der Waals surface area contributed by atoms with Crippen LogP contribution < -0.4 is 10.6 Å². The van der Waals surface area contributed by atoms with Gasteiger partial charge in [0.15, 0.2) is 11.7 Å². The number of nitrogens with zero attached hydrogens (tertiary/aromatic N) is 2. The van der Waals surface area contributed by atoms with E-state index in [4.69, 9.17) is 11.6 Å². The van der Waals surface area contributed by atoms with E-state index < -0.39 is 24.2 Å². The zero-order valence-corrected chi connectivity index (χ0v) is 16.6. The second-order valence-electron chi connectivity index (χ2n) is 7.22. The first-order chi connectivity index (χ1) is 14.2. The summed E-state index contributed by atoms with van der Waals surface area (Å²) in [6, 6.07) is 12.7. The maximum absolute atomic E-state index is 13.8. The molecular formula is C21H18ClF3N4O. The number of hydrogen-bond donors (Lipinski definition) is 2. The maximum Gasteiger partial charge on any atom is 0.410 e. The number of carbonyl (C=O) groups is 1. The van der Waals surface area contributed by atoms with Gasteiger partial charge in [-0.1, -0.05) is 47.5 Å². The molecule has 0 fully saturated rings. The van der Waals surface area contributed by atoms with E-state index in [1.807, 2.05) is 19.1 Å². The predicted octanol–water partition coefficient (Wildman–Crippen LogP) is 5.76. The summed E-state index contributed by atoms with van der Waals surface area (Å²) in [4.78, 5) is 12.5. The average molecular weight is 435 g/mol. The molecule has 2 atom stereocenters. The molecule has 30 heavy (non-hydrogen) atoms. The molecular weight excluding hydrogens is 417 g/mol. The summed E-state index contributed by atoms with van der Waals surface area (Å²) >= 11 is 5.90. The Balaban J connectivity index is 1.64. The van der Waals surface area contributed by atoms with Gasteiger partial charge in [-0.05, 0) is 30.7 Å². The molecule has 4 rings (SSSR count). The van der Waals surface area contributed by atoms with Crippen LogP contribution in [0.25, 0.3) is 0 Å². The number of nitrogens with one attached hydrogen (secondary N) is 2. The van der Waals surface area contributed by atoms with Gasteiger partial charge in [-0.15, -0.1) is 0 Å². The van der Waals surface area contributed by atoms with Crippen LogP contribution in [0.5, 0.6) is 0 Å². The number of benzene rings is 2. The summed E-state index contributed by atoms with van der Waals surface area (Å²) in [5.74, 6) is -0.473. The molecule has 0 aliphatic carbocycles. The van der Waals surface area contributed by atoms with Gasteiger partial charge in [-0.2, -0.15) is 18.3 Å². The predicted molar refractivity (Wildman–Crippen MR) is 109 cm³/mol. The Bertz CT molecular complexity index is 1080. The van der Waals surface area contributed by atoms with Gasteiger partial charge >= 0.3 is 6.18 Å². The van der Waals surface area contributed by atoms with Crippen LogP contribution in [-0.4, -0.2) is 21.9 Å². The first-order valence-corrected chi connectivity index (χ1v) is 9.65. The topological polar surface area (TPSA) is 59.0 Å². The Labute approximate surface area is 175 Å². The van der Waals surface area contributed by atoms with Crippen molar-refractivity contribution < 1.29 is 18.0 Å². The Morgan fingerprint density at radius 2 is 1.93 bits per heavy atom. The lowest BCUT2D eigenvalue weighted by molar-refractivity contribution is -0.173. The van der Waals surface area contributed by atoms with Crippen LogP contribution in [0, 0.1) is 6.92 Å². The fourth-order valence-corrected chi connectivity index (χ4v) is 3.65. The Kier molecular flexibility index (Phi) is 5.19. The summed E-state index contributed by atoms with van der Waals surface area (Å²) in [7, 11) is 0. The fraction of sp³-hybridized carbons (Fsp3) is 0.238. The molecule has 0 saturated carbocycles. The molecule has 156 valence electrons. The van der Waals surface area contributed by atoms with Gasteiger partial charge < -0.3 is 10.6 Å². The number of aromatic nitrogens is 2. The number of fused-ring (bicyclic) bond motifs is 1. The molecule has 1 aliphatic rings. The van der Waals surface area contributed by atoms with Crippen LogP contribution in [0.15, 0.2) is 54.6 Å². The van der Waals surface area contributed by atoms with E-state index in [1.165, 1.54) is 6.07 Å². The van der Waals surface area contributed by atoms with Crippen molar-refractivity contribution in [2.24, 2.45) is 0 Å². The molecule has 1 aromatic heterocycles. The third-order valence-corrected chi connectivity index (χ3v) is 5.22. The monoisotopic (exact) mass is 434 g/mol. The minimum atomic E-state index is -4.51. The van der Waals surface area contributed by atoms with E-state index in [9.17, 15) is 18.0 Å². The second kappa shape index (κ2) is 7.68. The number of alkyl halides is 3. The fourth-order valence-electron chi connectivity index (χ4n) is 3.46. The standard InChI is InChI=1S/C21H18ClF3N4O/c1-12-5-7-13(8-6-12)16-10-18(21(23,24)25)29-19(27-16)11-17(28-29)20(30)26-15-4-2-3-14(22)9-15/h2-9,11,16,18,27H,10H2,1H3,(H,26,30). The van der Waals surface area contributed by atoms with Crippen LogP contribution in [-0.2, 0) is 0 Å². The smallest absolute Gasteiger partial charge is 0.363 e. The molecule has 2 aromatic carbocycles. The van der Waals surface area contributed by atoms with Crippen molar-refractivity contribution >= 4 is 29.0 Å². The lowest BCUT2D eigenvalue weighted by Crippen LogP contribution is -2.35. The molecule has 3 aromatic rings. The van der Waals surface area contributed by atoms with Crippen molar-refractivity contribution in [2.75, 3.05) is 10.6 Å². The highest BCUT2D eigenvalue weighted by Crippen LogP contribution is 2.43. The highest BCUT2D eigenvalue weighted by molar-refractivity contribution is 6.30. The summed E-state index contributed by atoms with van der Waals surface area (Å²) in [6.07, 6.45) is -4.73. The number of halogens is 4. The van der Waals surface area contributed by atoms with Crippen LogP contribution in [0.4, 0.5) is 24.7 Å². The quantitative estimate of drug-likeness (QED) is 0.551. The van der Waals surface area contributed by atoms with E-state index in [0.29, 0.717) is 10.7 Å². The van der Waals surface area contributed by atoms with Crippen LogP contribution in [0.1, 0.15) is 40.1 Å². The van der Waals surface area contributed by atoms with Gasteiger partial charge in [-0.25, -0.2) is 4.68 Å². The largest absolute Gasteiger partial charge is 0.410 e. The van der Waals surface area contributed by atoms with Gasteiger partial charge in [0, 0.05) is 23.2 Å². The molecule has 0 saturated heterocycles. The molecule has 2 heterocycles. The number of rotatable bonds is 3. The van der Waals surface area contributed by atoms with Crippen LogP contribution >= 0.6 is 11.6 Å². The van der Waals surface area contributed by atoms with Crippen LogP contribution in [0.3, 0.4) is 0 Å². The number of anilines is 2. The minimum Gasteiger partial charge on any atom is -0.363 e. The molecule has 0 radical (unpaired) electrons. The first kappa shape index (κ1) is 20.3. The zero-order valence-electron chi connectivity index (χ0n) is 15.9. The van der Waals surface area contributed by atoms with Gasteiger partial charge in [0.25, 0.3) is 5.91 Å². The lowest BCUT2D eigenvalue weighted by atomic mass is 9.96. The van der Waals surface area contributed by atoms with Crippen LogP contribution in [0.2, 0.25) is 5.02 Å². The van der Waals surface area contributed by atoms with Gasteiger partial charge in [0.2, 0.25) is 0 Å². The number of aryl methyl sites for hydroxylation is 1. The van der Waals surface area contributed by atoms with Gasteiger partial charge in [0.1, 0.15) is 5.82 Å². The summed E-state index contributed by atoms with van der Waals surface area (Å²) in [5, 5.41) is 10.1. The van der Waals surface area contributed by atoms with Crippen molar-refractivity contribution in [1.82, 2.24) is 9.78 Å². The van der Waals surface area contributed by atoms with E-state index >= 15 is 0 Å². The third kappa shape index (κ3) is 4.14. The number of hydrogen-bond acceptors (Lipinski definition) is 3. The van der Waals surface area contributed by atoms with Crippen molar-refractivity contribution in [2.45, 2.75) is 31.6 Å². The van der Waals surface area contributed by atoms with Crippen molar-refractivity contribution in [1.29, 1.82) is 0 Å². The van der Waals surface area contributed by atoms with E-state index in [-0.39, 0.29) is 17.9 Å². The van der Waals surface area contributed by atoms with Crippen molar-refractivity contribution in [3.63, 3.8) is 0 Å². The molecule has 1 amide bonds. The van der Waals surface area contributed by atoms with E-state index in [2.05, 4.69) is 15.7 Å². The van der Waals surface area contributed by atoms with Crippen molar-refractivity contribution in [3.8, 4) is 0 Å². The van der Waals surface area contributed by atoms with Gasteiger partial charge in [0.05, 0.1) is 6.04 Å². The SMILES string of the molecule is Cc1ccc(C2CC(C(F)(F)F)n3nc(C(=O)Nc4cccc(Cl)c4)cc3N2)cc1. The maximum atomic E-state index is 13.8. The minimum absolute atomic E-state index is 0.115. The van der Waals surface area contributed by atoms with E-state index in [0.717, 1.165) is 15.8 Å². The third-order valence-electron chi connectivity index (χ3n) is 4.98. The molecule has 5 nitrogen and oxygen atoms in total. The summed E-state index contributed by atoms with van der Waals surface area (Å²) < 4.78 is 42.2. The molecule has 1 aliphatic heterocycles. The van der Waals surface area contributed by atoms with Gasteiger partial charge in [-0.3, -0.25) is 4.79 Å². The Morgan fingerprint density at radius 3 is 2.60 bits per heavy atom. The number of carbonyl (C=O) groups excluding carboxylic acids is 1.